The standard InChI is InChI=1S/C15H20Cl2N2O2/c16-12-4-1-5-13(17)15(12)18-14(21)10-19-7-2-3-11(9-19)6-8-20/h1,4-5,11,20H,2-3,6-10H2,(H,18,21). The molecule has 1 atom stereocenters. The third-order valence-corrected chi connectivity index (χ3v) is 4.36. The topological polar surface area (TPSA) is 52.6 Å². The van der Waals surface area contributed by atoms with Gasteiger partial charge in [0.05, 0.1) is 22.3 Å². The van der Waals surface area contributed by atoms with Crippen LogP contribution in [0.3, 0.4) is 0 Å². The summed E-state index contributed by atoms with van der Waals surface area (Å²) in [4.78, 5) is 14.2. The zero-order chi connectivity index (χ0) is 15.2. The summed E-state index contributed by atoms with van der Waals surface area (Å²) >= 11 is 12.1. The number of nitrogens with zero attached hydrogens (tertiary/aromatic N) is 1. The van der Waals surface area contributed by atoms with E-state index in [-0.39, 0.29) is 12.5 Å². The second-order valence-electron chi connectivity index (χ2n) is 5.40. The highest BCUT2D eigenvalue weighted by atomic mass is 35.5. The van der Waals surface area contributed by atoms with Gasteiger partial charge in [0.25, 0.3) is 0 Å². The molecule has 2 N–H and O–H groups in total. The van der Waals surface area contributed by atoms with Crippen molar-refractivity contribution in [3.8, 4) is 0 Å². The molecule has 1 aliphatic rings. The number of hydrogen-bond acceptors (Lipinski definition) is 3. The normalized spacial score (nSPS) is 19.5. The Kier molecular flexibility index (Phi) is 6.30. The predicted octanol–water partition coefficient (Wildman–Crippen LogP) is 3.03. The summed E-state index contributed by atoms with van der Waals surface area (Å²) in [5.41, 5.74) is 0.467. The van der Waals surface area contributed by atoms with E-state index in [9.17, 15) is 4.79 Å². The third kappa shape index (κ3) is 4.85. The van der Waals surface area contributed by atoms with Crippen LogP contribution in [0.15, 0.2) is 18.2 Å². The number of nitrogens with one attached hydrogen (secondary N) is 1. The first-order valence-electron chi connectivity index (χ1n) is 7.17. The van der Waals surface area contributed by atoms with Crippen molar-refractivity contribution >= 4 is 34.8 Å². The second kappa shape index (κ2) is 7.99. The number of hydrogen-bond donors (Lipinski definition) is 2. The van der Waals surface area contributed by atoms with Crippen molar-refractivity contribution in [1.82, 2.24) is 4.90 Å². The number of carbonyl (C=O) groups excluding carboxylic acids is 1. The summed E-state index contributed by atoms with van der Waals surface area (Å²) in [5.74, 6) is 0.357. The summed E-state index contributed by atoms with van der Waals surface area (Å²) in [7, 11) is 0. The van der Waals surface area contributed by atoms with Crippen LogP contribution in [0.1, 0.15) is 19.3 Å². The Morgan fingerprint density at radius 1 is 1.38 bits per heavy atom. The van der Waals surface area contributed by atoms with E-state index in [0.29, 0.717) is 28.2 Å². The highest BCUT2D eigenvalue weighted by Crippen LogP contribution is 2.29. The molecule has 2 rings (SSSR count). The first-order valence-corrected chi connectivity index (χ1v) is 7.93. The van der Waals surface area contributed by atoms with Crippen LogP contribution in [-0.4, -0.2) is 42.2 Å². The van der Waals surface area contributed by atoms with Gasteiger partial charge in [0.2, 0.25) is 5.91 Å². The lowest BCUT2D eigenvalue weighted by Gasteiger charge is -2.31. The van der Waals surface area contributed by atoms with Crippen molar-refractivity contribution in [2.45, 2.75) is 19.3 Å². The van der Waals surface area contributed by atoms with Crippen LogP contribution < -0.4 is 5.32 Å². The molecule has 0 aromatic heterocycles. The third-order valence-electron chi connectivity index (χ3n) is 3.73. The zero-order valence-electron chi connectivity index (χ0n) is 11.8. The van der Waals surface area contributed by atoms with Gasteiger partial charge in [0.1, 0.15) is 0 Å². The first-order chi connectivity index (χ1) is 10.1. The van der Waals surface area contributed by atoms with Crippen molar-refractivity contribution in [3.05, 3.63) is 28.2 Å². The lowest BCUT2D eigenvalue weighted by Crippen LogP contribution is -2.40. The molecule has 116 valence electrons. The molecular formula is C15H20Cl2N2O2. The Morgan fingerprint density at radius 3 is 2.76 bits per heavy atom. The molecule has 1 aromatic carbocycles. The lowest BCUT2D eigenvalue weighted by molar-refractivity contribution is -0.117. The monoisotopic (exact) mass is 330 g/mol. The molecule has 21 heavy (non-hydrogen) atoms. The summed E-state index contributed by atoms with van der Waals surface area (Å²) in [6.07, 6.45) is 2.98. The number of aliphatic hydroxyl groups is 1. The Morgan fingerprint density at radius 2 is 2.10 bits per heavy atom. The number of rotatable bonds is 5. The number of anilines is 1. The van der Waals surface area contributed by atoms with E-state index >= 15 is 0 Å². The lowest BCUT2D eigenvalue weighted by atomic mass is 9.95. The molecule has 0 radical (unpaired) electrons. The van der Waals surface area contributed by atoms with Crippen LogP contribution in [0.4, 0.5) is 5.69 Å². The fraction of sp³-hybridized carbons (Fsp3) is 0.533. The molecule has 0 spiro atoms. The van der Waals surface area contributed by atoms with E-state index < -0.39 is 0 Å². The van der Waals surface area contributed by atoms with Gasteiger partial charge in [0, 0.05) is 13.2 Å². The largest absolute Gasteiger partial charge is 0.396 e. The van der Waals surface area contributed by atoms with Crippen LogP contribution in [0.25, 0.3) is 0 Å². The van der Waals surface area contributed by atoms with Crippen molar-refractivity contribution in [3.63, 3.8) is 0 Å². The van der Waals surface area contributed by atoms with Gasteiger partial charge in [-0.3, -0.25) is 9.69 Å². The van der Waals surface area contributed by atoms with Gasteiger partial charge in [0.15, 0.2) is 0 Å². The molecule has 1 unspecified atom stereocenters. The van der Waals surface area contributed by atoms with Gasteiger partial charge < -0.3 is 10.4 Å². The van der Waals surface area contributed by atoms with Crippen LogP contribution in [0.5, 0.6) is 0 Å². The molecule has 0 aliphatic carbocycles. The predicted molar refractivity (Wildman–Crippen MR) is 86.0 cm³/mol. The van der Waals surface area contributed by atoms with E-state index in [1.54, 1.807) is 18.2 Å². The van der Waals surface area contributed by atoms with Crippen LogP contribution >= 0.6 is 23.2 Å². The number of carbonyl (C=O) groups is 1. The molecule has 6 heteroatoms. The number of amides is 1. The molecule has 1 amide bonds. The SMILES string of the molecule is O=C(CN1CCCC(CCO)C1)Nc1c(Cl)cccc1Cl. The Balaban J connectivity index is 1.89. The maximum Gasteiger partial charge on any atom is 0.238 e. The average molecular weight is 331 g/mol. The van der Waals surface area contributed by atoms with E-state index in [2.05, 4.69) is 10.2 Å². The molecule has 1 saturated heterocycles. The molecule has 0 bridgehead atoms. The summed E-state index contributed by atoms with van der Waals surface area (Å²) in [5, 5.41) is 12.7. The van der Waals surface area contributed by atoms with Crippen molar-refractivity contribution in [1.29, 1.82) is 0 Å². The number of halogens is 2. The quantitative estimate of drug-likeness (QED) is 0.872. The van der Waals surface area contributed by atoms with E-state index in [0.717, 1.165) is 32.4 Å². The minimum atomic E-state index is -0.116. The summed E-state index contributed by atoms with van der Waals surface area (Å²) in [6.45, 7) is 2.29. The van der Waals surface area contributed by atoms with Crippen molar-refractivity contribution in [2.75, 3.05) is 31.6 Å². The first kappa shape index (κ1) is 16.6. The number of para-hydroxylation sites is 1. The van der Waals surface area contributed by atoms with Gasteiger partial charge in [-0.25, -0.2) is 0 Å². The molecule has 1 heterocycles. The summed E-state index contributed by atoms with van der Waals surface area (Å²) < 4.78 is 0. The number of aliphatic hydroxyl groups excluding tert-OH is 1. The van der Waals surface area contributed by atoms with Gasteiger partial charge in [-0.1, -0.05) is 29.3 Å². The molecule has 1 aliphatic heterocycles. The van der Waals surface area contributed by atoms with Gasteiger partial charge in [-0.15, -0.1) is 0 Å². The van der Waals surface area contributed by atoms with Crippen LogP contribution in [-0.2, 0) is 4.79 Å². The molecular weight excluding hydrogens is 311 g/mol. The molecule has 0 saturated carbocycles. The smallest absolute Gasteiger partial charge is 0.238 e. The highest BCUT2D eigenvalue weighted by Gasteiger charge is 2.21. The zero-order valence-corrected chi connectivity index (χ0v) is 13.3. The average Bonchev–Trinajstić information content (AvgIpc) is 2.44. The highest BCUT2D eigenvalue weighted by molar-refractivity contribution is 6.39. The number of benzene rings is 1. The van der Waals surface area contributed by atoms with Gasteiger partial charge in [-0.05, 0) is 43.9 Å². The second-order valence-corrected chi connectivity index (χ2v) is 6.21. The maximum atomic E-state index is 12.1. The van der Waals surface area contributed by atoms with Crippen LogP contribution in [0, 0.1) is 5.92 Å². The van der Waals surface area contributed by atoms with Gasteiger partial charge in [-0.2, -0.15) is 0 Å². The van der Waals surface area contributed by atoms with Crippen LogP contribution in [0.2, 0.25) is 10.0 Å². The number of piperidine rings is 1. The molecule has 1 fully saturated rings. The minimum Gasteiger partial charge on any atom is -0.396 e. The Labute approximate surface area is 135 Å². The Hall–Kier alpha value is -0.810. The van der Waals surface area contributed by atoms with Crippen molar-refractivity contribution in [2.24, 2.45) is 5.92 Å². The fourth-order valence-electron chi connectivity index (χ4n) is 2.71. The minimum absolute atomic E-state index is 0.116. The molecule has 4 nitrogen and oxygen atoms in total. The van der Waals surface area contributed by atoms with E-state index in [4.69, 9.17) is 28.3 Å². The fourth-order valence-corrected chi connectivity index (χ4v) is 3.20. The Bertz CT molecular complexity index is 474. The number of likely N-dealkylation sites (tertiary alicyclic amines) is 1. The van der Waals surface area contributed by atoms with E-state index in [1.807, 2.05) is 0 Å². The molecule has 1 aromatic rings. The van der Waals surface area contributed by atoms with Crippen molar-refractivity contribution < 1.29 is 9.90 Å². The van der Waals surface area contributed by atoms with E-state index in [1.165, 1.54) is 0 Å². The van der Waals surface area contributed by atoms with Gasteiger partial charge >= 0.3 is 0 Å². The summed E-state index contributed by atoms with van der Waals surface area (Å²) in [6, 6.07) is 5.13. The maximum absolute atomic E-state index is 12.1.